The second-order valence-electron chi connectivity index (χ2n) is 4.51. The van der Waals surface area contributed by atoms with Gasteiger partial charge in [-0.05, 0) is 35.7 Å². The van der Waals surface area contributed by atoms with E-state index in [-0.39, 0.29) is 10.6 Å². The van der Waals surface area contributed by atoms with E-state index < -0.39 is 0 Å². The zero-order valence-corrected chi connectivity index (χ0v) is 14.2. The fraction of sp³-hybridized carbons (Fsp3) is 0.250. The summed E-state index contributed by atoms with van der Waals surface area (Å²) in [5.74, 6) is -0.210. The highest BCUT2D eigenvalue weighted by atomic mass is 79.9. The second kappa shape index (κ2) is 7.34. The van der Waals surface area contributed by atoms with E-state index in [4.69, 9.17) is 4.74 Å². The van der Waals surface area contributed by atoms with Crippen molar-refractivity contribution in [3.63, 3.8) is 0 Å². The number of rotatable bonds is 5. The Morgan fingerprint density at radius 2 is 1.85 bits per heavy atom. The predicted octanol–water partition coefficient (Wildman–Crippen LogP) is 5.26. The summed E-state index contributed by atoms with van der Waals surface area (Å²) in [6, 6.07) is 13.1. The Hall–Kier alpha value is -0.710. The van der Waals surface area contributed by atoms with Gasteiger partial charge in [-0.1, -0.05) is 56.1 Å². The van der Waals surface area contributed by atoms with Gasteiger partial charge in [0.1, 0.15) is 5.82 Å². The van der Waals surface area contributed by atoms with Crippen molar-refractivity contribution in [1.82, 2.24) is 0 Å². The van der Waals surface area contributed by atoms with Crippen LogP contribution in [0, 0.1) is 5.82 Å². The molecule has 0 radical (unpaired) electrons. The van der Waals surface area contributed by atoms with Crippen molar-refractivity contribution in [2.75, 3.05) is 13.7 Å². The van der Waals surface area contributed by atoms with E-state index in [2.05, 4.69) is 44.0 Å². The van der Waals surface area contributed by atoms with Crippen molar-refractivity contribution < 1.29 is 9.13 Å². The monoisotopic (exact) mass is 400 g/mol. The molecule has 106 valence electrons. The number of hydrogen-bond acceptors (Lipinski definition) is 1. The lowest BCUT2D eigenvalue weighted by Gasteiger charge is -2.13. The highest BCUT2D eigenvalue weighted by Crippen LogP contribution is 2.34. The van der Waals surface area contributed by atoms with Crippen LogP contribution in [0.5, 0.6) is 0 Å². The molecular formula is C16H15Br2FO. The molecule has 0 saturated carbocycles. The summed E-state index contributed by atoms with van der Waals surface area (Å²) in [6.07, 6.45) is 0.884. The van der Waals surface area contributed by atoms with Crippen LogP contribution in [0.1, 0.15) is 21.5 Å². The van der Waals surface area contributed by atoms with Crippen LogP contribution in [-0.4, -0.2) is 13.7 Å². The first-order chi connectivity index (χ1) is 9.61. The molecule has 0 fully saturated rings. The maximum Gasteiger partial charge on any atom is 0.127 e. The van der Waals surface area contributed by atoms with Crippen LogP contribution in [0.4, 0.5) is 4.39 Å². The van der Waals surface area contributed by atoms with E-state index in [1.165, 1.54) is 11.6 Å². The minimum Gasteiger partial charge on any atom is -0.384 e. The number of alkyl halides is 1. The SMILES string of the molecule is COCCc1ccc(C(Br)c2cc(Br)ccc2F)cc1. The molecule has 0 heterocycles. The van der Waals surface area contributed by atoms with E-state index in [9.17, 15) is 4.39 Å². The third-order valence-corrected chi connectivity index (χ3v) is 4.61. The zero-order chi connectivity index (χ0) is 14.5. The summed E-state index contributed by atoms with van der Waals surface area (Å²) >= 11 is 6.95. The Kier molecular flexibility index (Phi) is 5.75. The van der Waals surface area contributed by atoms with Gasteiger partial charge in [-0.15, -0.1) is 0 Å². The van der Waals surface area contributed by atoms with Crippen LogP contribution in [0.3, 0.4) is 0 Å². The molecule has 0 aliphatic carbocycles. The van der Waals surface area contributed by atoms with Gasteiger partial charge in [0.15, 0.2) is 0 Å². The third-order valence-electron chi connectivity index (χ3n) is 3.10. The lowest BCUT2D eigenvalue weighted by Crippen LogP contribution is -1.98. The number of hydrogen-bond donors (Lipinski definition) is 0. The van der Waals surface area contributed by atoms with Crippen LogP contribution in [0.2, 0.25) is 0 Å². The van der Waals surface area contributed by atoms with Crippen LogP contribution < -0.4 is 0 Å². The topological polar surface area (TPSA) is 9.23 Å². The Morgan fingerprint density at radius 3 is 2.50 bits per heavy atom. The summed E-state index contributed by atoms with van der Waals surface area (Å²) in [6.45, 7) is 0.706. The first kappa shape index (κ1) is 15.7. The molecule has 1 unspecified atom stereocenters. The van der Waals surface area contributed by atoms with Gasteiger partial charge >= 0.3 is 0 Å². The van der Waals surface area contributed by atoms with E-state index in [1.54, 1.807) is 19.2 Å². The van der Waals surface area contributed by atoms with Crippen LogP contribution >= 0.6 is 31.9 Å². The lowest BCUT2D eigenvalue weighted by molar-refractivity contribution is 0.202. The standard InChI is InChI=1S/C16H15Br2FO/c1-20-9-8-11-2-4-12(5-3-11)16(18)14-10-13(17)6-7-15(14)19/h2-7,10,16H,8-9H2,1H3. The van der Waals surface area contributed by atoms with Crippen LogP contribution in [0.15, 0.2) is 46.9 Å². The van der Waals surface area contributed by atoms with Crippen molar-refractivity contribution in [1.29, 1.82) is 0 Å². The van der Waals surface area contributed by atoms with E-state index in [0.717, 1.165) is 16.5 Å². The molecule has 0 bridgehead atoms. The van der Waals surface area contributed by atoms with Gasteiger partial charge < -0.3 is 4.74 Å². The molecule has 0 aromatic heterocycles. The summed E-state index contributed by atoms with van der Waals surface area (Å²) in [5, 5.41) is 0. The molecule has 0 N–H and O–H groups in total. The van der Waals surface area contributed by atoms with Crippen molar-refractivity contribution in [3.8, 4) is 0 Å². The molecule has 0 aliphatic heterocycles. The summed E-state index contributed by atoms with van der Waals surface area (Å²) in [7, 11) is 1.69. The molecule has 2 aromatic rings. The van der Waals surface area contributed by atoms with Crippen molar-refractivity contribution in [2.45, 2.75) is 11.2 Å². The number of benzene rings is 2. The Bertz CT molecular complexity index is 569. The minimum atomic E-state index is -0.210. The van der Waals surface area contributed by atoms with E-state index in [0.29, 0.717) is 12.2 Å². The van der Waals surface area contributed by atoms with Crippen molar-refractivity contribution >= 4 is 31.9 Å². The van der Waals surface area contributed by atoms with Gasteiger partial charge in [-0.2, -0.15) is 0 Å². The van der Waals surface area contributed by atoms with E-state index >= 15 is 0 Å². The van der Waals surface area contributed by atoms with Crippen molar-refractivity contribution in [2.24, 2.45) is 0 Å². The summed E-state index contributed by atoms with van der Waals surface area (Å²) < 4.78 is 19.8. The minimum absolute atomic E-state index is 0.156. The molecule has 0 amide bonds. The first-order valence-electron chi connectivity index (χ1n) is 6.28. The smallest absolute Gasteiger partial charge is 0.127 e. The van der Waals surface area contributed by atoms with Gasteiger partial charge in [0.2, 0.25) is 0 Å². The average molecular weight is 402 g/mol. The fourth-order valence-corrected chi connectivity index (χ4v) is 3.00. The summed E-state index contributed by atoms with van der Waals surface area (Å²) in [4.78, 5) is -0.156. The first-order valence-corrected chi connectivity index (χ1v) is 7.99. The molecule has 2 rings (SSSR count). The van der Waals surface area contributed by atoms with Gasteiger partial charge in [0, 0.05) is 17.1 Å². The molecule has 2 aromatic carbocycles. The van der Waals surface area contributed by atoms with Gasteiger partial charge in [-0.25, -0.2) is 4.39 Å². The van der Waals surface area contributed by atoms with Crippen LogP contribution in [0.25, 0.3) is 0 Å². The maximum absolute atomic E-state index is 13.9. The van der Waals surface area contributed by atoms with Gasteiger partial charge in [-0.3, -0.25) is 0 Å². The van der Waals surface area contributed by atoms with Crippen molar-refractivity contribution in [3.05, 3.63) is 69.4 Å². The molecule has 1 atom stereocenters. The van der Waals surface area contributed by atoms with Crippen LogP contribution in [-0.2, 0) is 11.2 Å². The second-order valence-corrected chi connectivity index (χ2v) is 6.34. The highest BCUT2D eigenvalue weighted by molar-refractivity contribution is 9.10. The third kappa shape index (κ3) is 3.90. The highest BCUT2D eigenvalue weighted by Gasteiger charge is 2.15. The fourth-order valence-electron chi connectivity index (χ4n) is 1.96. The Morgan fingerprint density at radius 1 is 1.15 bits per heavy atom. The predicted molar refractivity (Wildman–Crippen MR) is 86.9 cm³/mol. The molecule has 4 heteroatoms. The largest absolute Gasteiger partial charge is 0.384 e. The molecule has 0 saturated heterocycles. The van der Waals surface area contributed by atoms with E-state index in [1.807, 2.05) is 12.1 Å². The Balaban J connectivity index is 2.20. The quantitative estimate of drug-likeness (QED) is 0.620. The number of ether oxygens (including phenoxy) is 1. The maximum atomic E-state index is 13.9. The average Bonchev–Trinajstić information content (AvgIpc) is 2.47. The zero-order valence-electron chi connectivity index (χ0n) is 11.1. The summed E-state index contributed by atoms with van der Waals surface area (Å²) in [5.41, 5.74) is 2.87. The molecule has 0 aliphatic rings. The molecule has 20 heavy (non-hydrogen) atoms. The molecular weight excluding hydrogens is 387 g/mol. The number of methoxy groups -OCH3 is 1. The van der Waals surface area contributed by atoms with Gasteiger partial charge in [0.25, 0.3) is 0 Å². The Labute approximate surface area is 135 Å². The lowest BCUT2D eigenvalue weighted by atomic mass is 10.0. The van der Waals surface area contributed by atoms with Gasteiger partial charge in [0.05, 0.1) is 11.4 Å². The normalized spacial score (nSPS) is 12.4. The molecule has 0 spiro atoms. The molecule has 1 nitrogen and oxygen atoms in total. The number of halogens is 3.